The van der Waals surface area contributed by atoms with Crippen molar-refractivity contribution < 1.29 is 19.8 Å². The lowest BCUT2D eigenvalue weighted by Crippen LogP contribution is -2.45. The summed E-state index contributed by atoms with van der Waals surface area (Å²) in [5.41, 5.74) is 15.5. The minimum Gasteiger partial charge on any atom is -0.480 e. The predicted octanol–water partition coefficient (Wildman–Crippen LogP) is -0.756. The quantitative estimate of drug-likeness (QED) is 0.350. The van der Waals surface area contributed by atoms with Gasteiger partial charge in [0.05, 0.1) is 0 Å². The Kier molecular flexibility index (Phi) is 9.91. The van der Waals surface area contributed by atoms with Gasteiger partial charge in [-0.05, 0) is 33.2 Å². The van der Waals surface area contributed by atoms with Gasteiger partial charge in [-0.2, -0.15) is 12.6 Å². The van der Waals surface area contributed by atoms with E-state index in [1.165, 1.54) is 0 Å². The molecule has 0 aliphatic carbocycles. The molecule has 0 aromatic rings. The minimum absolute atomic E-state index is 0.464. The molecule has 0 unspecified atom stereocenters. The Hall–Kier alpha value is -0.830. The number of hydrogen-bond acceptors (Lipinski definition) is 6. The Morgan fingerprint density at radius 3 is 1.83 bits per heavy atom. The normalized spacial score (nSPS) is 14.1. The summed E-state index contributed by atoms with van der Waals surface area (Å²) in [4.78, 5) is 20.2. The smallest absolute Gasteiger partial charge is 0.321 e. The van der Waals surface area contributed by atoms with Crippen molar-refractivity contribution in [1.29, 1.82) is 0 Å². The van der Waals surface area contributed by atoms with Crippen molar-refractivity contribution in [3.8, 4) is 0 Å². The number of nitrogens with two attached hydrogens (primary N) is 3. The van der Waals surface area contributed by atoms with Gasteiger partial charge in [0.2, 0.25) is 0 Å². The van der Waals surface area contributed by atoms with Gasteiger partial charge in [0, 0.05) is 4.75 Å². The highest BCUT2D eigenvalue weighted by atomic mass is 32.1. The maximum absolute atomic E-state index is 10.2. The van der Waals surface area contributed by atoms with Crippen LogP contribution in [-0.2, 0) is 9.59 Å². The first-order valence-corrected chi connectivity index (χ1v) is 5.88. The van der Waals surface area contributed by atoms with Crippen LogP contribution >= 0.6 is 12.6 Å². The van der Waals surface area contributed by atoms with E-state index in [2.05, 4.69) is 12.6 Å². The molecule has 0 heterocycles. The van der Waals surface area contributed by atoms with E-state index in [0.717, 1.165) is 0 Å². The third-order valence-corrected chi connectivity index (χ3v) is 2.34. The van der Waals surface area contributed by atoms with Gasteiger partial charge >= 0.3 is 11.9 Å². The van der Waals surface area contributed by atoms with Crippen molar-refractivity contribution in [3.05, 3.63) is 0 Å². The molecule has 0 bridgehead atoms. The molecule has 0 aromatic carbocycles. The number of carboxylic acid groups (broad SMARTS) is 2. The highest BCUT2D eigenvalue weighted by Crippen LogP contribution is 2.15. The second-order valence-electron chi connectivity index (χ2n) is 4.35. The molecule has 2 atom stereocenters. The fourth-order valence-corrected chi connectivity index (χ4v) is 0.874. The number of rotatable bonds is 6. The van der Waals surface area contributed by atoms with Crippen LogP contribution in [0.1, 0.15) is 26.7 Å². The van der Waals surface area contributed by atoms with Gasteiger partial charge in [0.15, 0.2) is 0 Å². The third-order valence-electron chi connectivity index (χ3n) is 2.06. The molecule has 0 aromatic heterocycles. The lowest BCUT2D eigenvalue weighted by Gasteiger charge is -2.21. The Morgan fingerprint density at radius 2 is 1.67 bits per heavy atom. The van der Waals surface area contributed by atoms with Crippen LogP contribution in [0.25, 0.3) is 0 Å². The lowest BCUT2D eigenvalue weighted by molar-refractivity contribution is -0.139. The summed E-state index contributed by atoms with van der Waals surface area (Å²) in [6.45, 7) is 3.82. The monoisotopic (exact) mass is 281 g/mol. The molecule has 8 heteroatoms. The van der Waals surface area contributed by atoms with Gasteiger partial charge in [-0.3, -0.25) is 9.59 Å². The van der Waals surface area contributed by atoms with Gasteiger partial charge in [-0.25, -0.2) is 0 Å². The first-order valence-electron chi connectivity index (χ1n) is 5.43. The highest BCUT2D eigenvalue weighted by Gasteiger charge is 2.27. The molecule has 8 N–H and O–H groups in total. The van der Waals surface area contributed by atoms with Crippen molar-refractivity contribution in [2.45, 2.75) is 43.5 Å². The Balaban J connectivity index is 0. The minimum atomic E-state index is -1.02. The molecule has 18 heavy (non-hydrogen) atoms. The number of thiol groups is 1. The van der Waals surface area contributed by atoms with E-state index in [0.29, 0.717) is 19.4 Å². The SMILES string of the molecule is CC(C)(S)[C@H](N)C(=O)O.NCCC[C@H](N)C(=O)O. The largest absolute Gasteiger partial charge is 0.480 e. The van der Waals surface area contributed by atoms with Crippen molar-refractivity contribution in [3.63, 3.8) is 0 Å². The van der Waals surface area contributed by atoms with Gasteiger partial charge in [-0.1, -0.05) is 0 Å². The van der Waals surface area contributed by atoms with E-state index in [1.807, 2.05) is 0 Å². The molecule has 0 spiro atoms. The van der Waals surface area contributed by atoms with Crippen LogP contribution in [0.3, 0.4) is 0 Å². The Morgan fingerprint density at radius 1 is 1.22 bits per heavy atom. The highest BCUT2D eigenvalue weighted by molar-refractivity contribution is 7.81. The van der Waals surface area contributed by atoms with Crippen LogP contribution < -0.4 is 17.2 Å². The number of carbonyl (C=O) groups is 2. The molecule has 0 aliphatic rings. The summed E-state index contributed by atoms with van der Waals surface area (Å²) in [7, 11) is 0. The summed E-state index contributed by atoms with van der Waals surface area (Å²) in [5.74, 6) is -1.97. The summed E-state index contributed by atoms with van der Waals surface area (Å²) in [6, 6.07) is -1.64. The van der Waals surface area contributed by atoms with E-state index in [-0.39, 0.29) is 0 Å². The molecule has 0 rings (SSSR count). The van der Waals surface area contributed by atoms with Gasteiger partial charge in [0.1, 0.15) is 12.1 Å². The maximum Gasteiger partial charge on any atom is 0.321 e. The van der Waals surface area contributed by atoms with Crippen LogP contribution in [-0.4, -0.2) is 45.5 Å². The molecule has 108 valence electrons. The van der Waals surface area contributed by atoms with Gasteiger partial charge in [0.25, 0.3) is 0 Å². The maximum atomic E-state index is 10.2. The average Bonchev–Trinajstić information content (AvgIpc) is 2.23. The van der Waals surface area contributed by atoms with Gasteiger partial charge < -0.3 is 27.4 Å². The molecular weight excluding hydrogens is 258 g/mol. The molecule has 0 saturated carbocycles. The summed E-state index contributed by atoms with van der Waals surface area (Å²) < 4.78 is -0.647. The predicted molar refractivity (Wildman–Crippen MR) is 72.6 cm³/mol. The fourth-order valence-electron chi connectivity index (χ4n) is 0.763. The first kappa shape index (κ1) is 19.5. The van der Waals surface area contributed by atoms with E-state index < -0.39 is 28.8 Å². The topological polar surface area (TPSA) is 153 Å². The second kappa shape index (κ2) is 9.15. The molecule has 0 amide bonds. The van der Waals surface area contributed by atoms with Crippen molar-refractivity contribution >= 4 is 24.6 Å². The van der Waals surface area contributed by atoms with Crippen molar-refractivity contribution in [2.75, 3.05) is 6.54 Å². The third kappa shape index (κ3) is 10.3. The lowest BCUT2D eigenvalue weighted by atomic mass is 10.1. The van der Waals surface area contributed by atoms with Crippen LogP contribution in [0.15, 0.2) is 0 Å². The van der Waals surface area contributed by atoms with Crippen LogP contribution in [0.4, 0.5) is 0 Å². The molecule has 0 aliphatic heterocycles. The molecule has 0 fully saturated rings. The van der Waals surface area contributed by atoms with E-state index in [9.17, 15) is 9.59 Å². The number of hydrogen-bond donors (Lipinski definition) is 6. The molecular formula is C10H23N3O4S. The second-order valence-corrected chi connectivity index (χ2v) is 5.50. The standard InChI is InChI=1S/C5H12N2O2.C5H11NO2S/c6-3-1-2-4(7)5(8)9;1-5(2,9)3(6)4(7)8/h4H,1-3,6-7H2,(H,8,9);3,9H,6H2,1-2H3,(H,7,8)/t4-;3-/m01/s1. The molecule has 0 radical (unpaired) electrons. The zero-order valence-electron chi connectivity index (χ0n) is 10.7. The van der Waals surface area contributed by atoms with Crippen LogP contribution in [0.5, 0.6) is 0 Å². The van der Waals surface area contributed by atoms with Crippen LogP contribution in [0.2, 0.25) is 0 Å². The summed E-state index contributed by atoms with van der Waals surface area (Å²) in [6.07, 6.45) is 1.14. The summed E-state index contributed by atoms with van der Waals surface area (Å²) in [5, 5.41) is 16.6. The Labute approximate surface area is 112 Å². The first-order chi connectivity index (χ1) is 8.03. The average molecular weight is 281 g/mol. The molecule has 0 saturated heterocycles. The van der Waals surface area contributed by atoms with E-state index in [1.54, 1.807) is 13.8 Å². The number of aliphatic carboxylic acids is 2. The number of carboxylic acids is 2. The van der Waals surface area contributed by atoms with Crippen molar-refractivity contribution in [2.24, 2.45) is 17.2 Å². The van der Waals surface area contributed by atoms with E-state index >= 15 is 0 Å². The van der Waals surface area contributed by atoms with Crippen molar-refractivity contribution in [1.82, 2.24) is 0 Å². The van der Waals surface area contributed by atoms with Crippen LogP contribution in [0, 0.1) is 0 Å². The summed E-state index contributed by atoms with van der Waals surface area (Å²) >= 11 is 3.98. The van der Waals surface area contributed by atoms with E-state index in [4.69, 9.17) is 27.4 Å². The Bertz CT molecular complexity index is 268. The fraction of sp³-hybridized carbons (Fsp3) is 0.800. The zero-order chi connectivity index (χ0) is 14.9. The zero-order valence-corrected chi connectivity index (χ0v) is 11.6. The molecule has 7 nitrogen and oxygen atoms in total. The van der Waals surface area contributed by atoms with Gasteiger partial charge in [-0.15, -0.1) is 0 Å².